The molecule has 0 N–H and O–H groups in total. The first-order chi connectivity index (χ1) is 8.53. The second-order valence-electron chi connectivity index (χ2n) is 3.02. The van der Waals surface area contributed by atoms with Crippen LogP contribution in [-0.4, -0.2) is 0 Å². The van der Waals surface area contributed by atoms with Crippen molar-refractivity contribution >= 4 is 34.8 Å². The highest BCUT2D eigenvalue weighted by molar-refractivity contribution is 6.45. The van der Waals surface area contributed by atoms with Crippen LogP contribution in [0.25, 0.3) is 0 Å². The number of benzene rings is 1. The molecule has 0 atom stereocenters. The minimum atomic E-state index is -1.26. The molecule has 0 fully saturated rings. The quantitative estimate of drug-likeness (QED) is 0.740. The number of hydrogen-bond donors (Lipinski definition) is 0. The van der Waals surface area contributed by atoms with Crippen LogP contribution >= 0.6 is 34.8 Å². The Hall–Kier alpha value is -1.95. The Morgan fingerprint density at radius 1 is 0.722 bits per heavy atom. The number of nitriles is 4. The molecular formula is C11HCl3N4. The first-order valence-corrected chi connectivity index (χ1v) is 5.46. The van der Waals surface area contributed by atoms with Gasteiger partial charge in [0.2, 0.25) is 0 Å². The molecule has 18 heavy (non-hydrogen) atoms. The van der Waals surface area contributed by atoms with Crippen LogP contribution in [-0.2, 0) is 0 Å². The summed E-state index contributed by atoms with van der Waals surface area (Å²) in [6.07, 6.45) is 0. The summed E-state index contributed by atoms with van der Waals surface area (Å²) in [7, 11) is 0. The lowest BCUT2D eigenvalue weighted by Crippen LogP contribution is -2.00. The topological polar surface area (TPSA) is 95.2 Å². The molecule has 0 aromatic heterocycles. The second kappa shape index (κ2) is 5.59. The van der Waals surface area contributed by atoms with Crippen molar-refractivity contribution in [3.05, 3.63) is 31.8 Å². The molecule has 0 unspecified atom stereocenters. The van der Waals surface area contributed by atoms with Crippen molar-refractivity contribution in [3.63, 3.8) is 0 Å². The van der Waals surface area contributed by atoms with Gasteiger partial charge < -0.3 is 0 Å². The molecule has 0 aliphatic heterocycles. The largest absolute Gasteiger partial charge is 0.196 e. The van der Waals surface area contributed by atoms with Crippen LogP contribution in [0.3, 0.4) is 0 Å². The molecule has 4 nitrogen and oxygen atoms in total. The fourth-order valence-corrected chi connectivity index (χ4v) is 2.23. The van der Waals surface area contributed by atoms with Crippen LogP contribution in [0.15, 0.2) is 0 Å². The van der Waals surface area contributed by atoms with E-state index in [1.165, 1.54) is 0 Å². The van der Waals surface area contributed by atoms with Gasteiger partial charge in [-0.1, -0.05) is 34.8 Å². The normalized spacial score (nSPS) is 9.11. The van der Waals surface area contributed by atoms with E-state index in [1.54, 1.807) is 24.3 Å². The van der Waals surface area contributed by atoms with E-state index in [0.717, 1.165) is 0 Å². The predicted molar refractivity (Wildman–Crippen MR) is 64.9 cm³/mol. The van der Waals surface area contributed by atoms with Gasteiger partial charge in [0.25, 0.3) is 0 Å². The highest BCUT2D eigenvalue weighted by Gasteiger charge is 2.26. The van der Waals surface area contributed by atoms with Crippen molar-refractivity contribution in [2.24, 2.45) is 0 Å². The first kappa shape index (κ1) is 14.1. The van der Waals surface area contributed by atoms with E-state index in [1.807, 2.05) is 0 Å². The molecule has 1 rings (SSSR count). The molecule has 0 saturated carbocycles. The molecule has 0 aliphatic rings. The highest BCUT2D eigenvalue weighted by atomic mass is 35.5. The van der Waals surface area contributed by atoms with Crippen molar-refractivity contribution in [3.8, 4) is 24.3 Å². The third-order valence-corrected chi connectivity index (χ3v) is 3.38. The lowest BCUT2D eigenvalue weighted by atomic mass is 9.97. The Kier molecular flexibility index (Phi) is 4.38. The van der Waals surface area contributed by atoms with Crippen LogP contribution in [0, 0.1) is 45.3 Å². The van der Waals surface area contributed by atoms with Crippen LogP contribution in [0.5, 0.6) is 0 Å². The summed E-state index contributed by atoms with van der Waals surface area (Å²) in [5.41, 5.74) is -0.421. The Labute approximate surface area is 118 Å². The minimum Gasteiger partial charge on any atom is -0.196 e. The van der Waals surface area contributed by atoms with Crippen LogP contribution in [0.2, 0.25) is 15.1 Å². The maximum atomic E-state index is 8.94. The highest BCUT2D eigenvalue weighted by Crippen LogP contribution is 2.41. The van der Waals surface area contributed by atoms with Gasteiger partial charge in [0, 0.05) is 5.56 Å². The molecule has 1 aromatic carbocycles. The smallest absolute Gasteiger partial charge is 0.161 e. The summed E-state index contributed by atoms with van der Waals surface area (Å²) in [4.78, 5) is 0. The molecule has 1 aromatic rings. The molecule has 0 amide bonds. The van der Waals surface area contributed by atoms with Gasteiger partial charge in [0.1, 0.15) is 12.1 Å². The van der Waals surface area contributed by atoms with E-state index >= 15 is 0 Å². The van der Waals surface area contributed by atoms with Crippen molar-refractivity contribution < 1.29 is 0 Å². The molecule has 86 valence electrons. The van der Waals surface area contributed by atoms with Gasteiger partial charge in [-0.05, 0) is 0 Å². The molecule has 0 heterocycles. The molecule has 7 heteroatoms. The van der Waals surface area contributed by atoms with Crippen molar-refractivity contribution in [1.29, 1.82) is 21.0 Å². The average Bonchev–Trinajstić information content (AvgIpc) is 2.38. The van der Waals surface area contributed by atoms with E-state index in [9.17, 15) is 0 Å². The Bertz CT molecular complexity index is 669. The van der Waals surface area contributed by atoms with Gasteiger partial charge in [-0.3, -0.25) is 0 Å². The van der Waals surface area contributed by atoms with Crippen LogP contribution in [0.1, 0.15) is 22.6 Å². The van der Waals surface area contributed by atoms with E-state index in [-0.39, 0.29) is 31.8 Å². The lowest BCUT2D eigenvalue weighted by Gasteiger charge is -2.11. The summed E-state index contributed by atoms with van der Waals surface area (Å²) >= 11 is 17.6. The van der Waals surface area contributed by atoms with Gasteiger partial charge in [0.15, 0.2) is 5.92 Å². The fourth-order valence-electron chi connectivity index (χ4n) is 1.30. The van der Waals surface area contributed by atoms with E-state index in [4.69, 9.17) is 55.9 Å². The van der Waals surface area contributed by atoms with Gasteiger partial charge in [-0.2, -0.15) is 21.0 Å². The summed E-state index contributed by atoms with van der Waals surface area (Å²) in [5.74, 6) is -1.26. The zero-order chi connectivity index (χ0) is 13.9. The molecule has 0 bridgehead atoms. The zero-order valence-electron chi connectivity index (χ0n) is 8.50. The minimum absolute atomic E-state index is 0.0520. The van der Waals surface area contributed by atoms with Gasteiger partial charge in [-0.25, -0.2) is 0 Å². The van der Waals surface area contributed by atoms with Crippen molar-refractivity contribution in [2.45, 2.75) is 5.92 Å². The van der Waals surface area contributed by atoms with E-state index < -0.39 is 5.92 Å². The fraction of sp³-hybridized carbons (Fsp3) is 0.0909. The Balaban J connectivity index is 3.86. The van der Waals surface area contributed by atoms with Crippen LogP contribution < -0.4 is 0 Å². The maximum Gasteiger partial charge on any atom is 0.161 e. The number of hydrogen-bond acceptors (Lipinski definition) is 4. The van der Waals surface area contributed by atoms with Crippen molar-refractivity contribution in [2.75, 3.05) is 0 Å². The predicted octanol–water partition coefficient (Wildman–Crippen LogP) is 3.52. The number of halogens is 3. The third kappa shape index (κ3) is 2.06. The second-order valence-corrected chi connectivity index (χ2v) is 4.15. The monoisotopic (exact) mass is 294 g/mol. The molecule has 0 aliphatic carbocycles. The molecule has 0 radical (unpaired) electrons. The van der Waals surface area contributed by atoms with Crippen LogP contribution in [0.4, 0.5) is 0 Å². The lowest BCUT2D eigenvalue weighted by molar-refractivity contribution is 1.10. The SMILES string of the molecule is N#Cc1c(Cl)c(Cl)c(C(C#N)C#N)c(Cl)c1C#N. The summed E-state index contributed by atoms with van der Waals surface area (Å²) in [6, 6.07) is 6.79. The van der Waals surface area contributed by atoms with E-state index in [2.05, 4.69) is 0 Å². The first-order valence-electron chi connectivity index (χ1n) is 4.33. The summed E-state index contributed by atoms with van der Waals surface area (Å²) in [5, 5.41) is 34.9. The van der Waals surface area contributed by atoms with E-state index in [0.29, 0.717) is 0 Å². The van der Waals surface area contributed by atoms with Crippen molar-refractivity contribution in [1.82, 2.24) is 0 Å². The summed E-state index contributed by atoms with van der Waals surface area (Å²) in [6.45, 7) is 0. The van der Waals surface area contributed by atoms with Gasteiger partial charge >= 0.3 is 0 Å². The third-order valence-electron chi connectivity index (χ3n) is 2.13. The number of rotatable bonds is 1. The number of nitrogens with zero attached hydrogens (tertiary/aromatic N) is 4. The Morgan fingerprint density at radius 3 is 1.56 bits per heavy atom. The molecule has 0 spiro atoms. The Morgan fingerprint density at radius 2 is 1.17 bits per heavy atom. The van der Waals surface area contributed by atoms with Gasteiger partial charge in [-0.15, -0.1) is 0 Å². The summed E-state index contributed by atoms with van der Waals surface area (Å²) < 4.78 is 0. The molecular weight excluding hydrogens is 295 g/mol. The standard InChI is InChI=1S/C11HCl3N4/c12-9-6(3-17)7(4-18)10(13)11(14)8(9)5(1-15)2-16/h5H. The zero-order valence-corrected chi connectivity index (χ0v) is 10.8. The maximum absolute atomic E-state index is 8.94. The molecule has 0 saturated heterocycles. The average molecular weight is 296 g/mol. The van der Waals surface area contributed by atoms with Gasteiger partial charge in [0.05, 0.1) is 38.3 Å².